The van der Waals surface area contributed by atoms with Crippen molar-refractivity contribution in [3.63, 3.8) is 0 Å². The quantitative estimate of drug-likeness (QED) is 0.115. The highest BCUT2D eigenvalue weighted by Crippen LogP contribution is 2.39. The van der Waals surface area contributed by atoms with Crippen LogP contribution in [0.2, 0.25) is 0 Å². The zero-order chi connectivity index (χ0) is 37.1. The third-order valence-electron chi connectivity index (χ3n) is 9.29. The fourth-order valence-corrected chi connectivity index (χ4v) is 6.36. The Labute approximate surface area is 300 Å². The Balaban J connectivity index is 0.000000679. The number of phenols is 1. The first kappa shape index (κ1) is 38.6. The number of fused-ring (bicyclic) bond motifs is 1. The van der Waals surface area contributed by atoms with E-state index in [0.717, 1.165) is 42.9 Å². The van der Waals surface area contributed by atoms with Gasteiger partial charge in [0, 0.05) is 37.4 Å². The van der Waals surface area contributed by atoms with Crippen molar-refractivity contribution in [2.45, 2.75) is 76.6 Å². The summed E-state index contributed by atoms with van der Waals surface area (Å²) in [6, 6.07) is 12.3. The first-order chi connectivity index (χ1) is 25.0. The molecule has 0 saturated heterocycles. The number of aromatic hydroxyl groups is 1. The van der Waals surface area contributed by atoms with Gasteiger partial charge in [0.05, 0.1) is 25.8 Å². The Morgan fingerprint density at radius 1 is 1.06 bits per heavy atom. The van der Waals surface area contributed by atoms with Crippen LogP contribution in [-0.4, -0.2) is 94.4 Å². The van der Waals surface area contributed by atoms with Crippen LogP contribution < -0.4 is 15.4 Å². The van der Waals surface area contributed by atoms with E-state index in [-0.39, 0.29) is 24.2 Å². The largest absolute Gasteiger partial charge is 0.506 e. The van der Waals surface area contributed by atoms with Gasteiger partial charge < -0.3 is 35.2 Å². The van der Waals surface area contributed by atoms with Gasteiger partial charge in [0.15, 0.2) is 12.4 Å². The third kappa shape index (κ3) is 11.4. The average Bonchev–Trinajstić information content (AvgIpc) is 3.53. The molecule has 0 bridgehead atoms. The van der Waals surface area contributed by atoms with Crippen LogP contribution in [0.5, 0.6) is 11.5 Å². The highest BCUT2D eigenvalue weighted by Gasteiger charge is 2.38. The van der Waals surface area contributed by atoms with Crippen LogP contribution in [0, 0.1) is 5.92 Å². The molecule has 2 saturated carbocycles. The maximum atomic E-state index is 13.3. The molecular formula is C37H46F3N5O7. The molecule has 2 fully saturated rings. The van der Waals surface area contributed by atoms with Crippen LogP contribution in [0.3, 0.4) is 0 Å². The Kier molecular flexibility index (Phi) is 13.5. The first-order valence-electron chi connectivity index (χ1n) is 17.7. The van der Waals surface area contributed by atoms with E-state index in [2.05, 4.69) is 55.8 Å². The molecule has 4 N–H and O–H groups in total. The predicted octanol–water partition coefficient (Wildman–Crippen LogP) is 5.18. The first-order valence-corrected chi connectivity index (χ1v) is 17.7. The summed E-state index contributed by atoms with van der Waals surface area (Å²) >= 11 is 0. The number of anilines is 1. The van der Waals surface area contributed by atoms with Crippen molar-refractivity contribution in [2.24, 2.45) is 5.92 Å². The smallest absolute Gasteiger partial charge is 0.490 e. The van der Waals surface area contributed by atoms with E-state index in [4.69, 9.17) is 19.4 Å². The number of carboxylic acids is 1. The van der Waals surface area contributed by atoms with Gasteiger partial charge >= 0.3 is 12.1 Å². The number of ether oxygens (including phenoxy) is 2. The second-order valence-electron chi connectivity index (χ2n) is 13.3. The number of carboxylic acid groups (broad SMARTS) is 1. The van der Waals surface area contributed by atoms with Crippen molar-refractivity contribution in [1.82, 2.24) is 20.0 Å². The summed E-state index contributed by atoms with van der Waals surface area (Å²) in [6.07, 6.45) is 7.97. The Hall–Kier alpha value is -4.63. The predicted molar refractivity (Wildman–Crippen MR) is 186 cm³/mol. The number of amides is 2. The second kappa shape index (κ2) is 18.2. The van der Waals surface area contributed by atoms with E-state index in [1.165, 1.54) is 36.8 Å². The molecule has 0 spiro atoms. The van der Waals surface area contributed by atoms with Crippen molar-refractivity contribution in [1.29, 1.82) is 0 Å². The van der Waals surface area contributed by atoms with Gasteiger partial charge in [0.1, 0.15) is 11.4 Å². The van der Waals surface area contributed by atoms with Gasteiger partial charge in [0.2, 0.25) is 5.91 Å². The van der Waals surface area contributed by atoms with Gasteiger partial charge in [0.25, 0.3) is 5.91 Å². The number of nitrogens with one attached hydrogen (secondary N) is 2. The number of carbonyl (C=O) groups excluding carboxylic acids is 2. The Morgan fingerprint density at radius 2 is 1.83 bits per heavy atom. The van der Waals surface area contributed by atoms with Crippen molar-refractivity contribution in [2.75, 3.05) is 44.8 Å². The molecule has 6 rings (SSSR count). The SMILES string of the molecule is O=C(O)C(F)(F)F.O=C1COc2c(CCNCCN(C(=O)CCOCCc3cccc(-c4cnn(CC5CC5)c4)c3)C3CCCC3)ccc(O)c2N1. The number of aromatic nitrogens is 2. The molecule has 3 aliphatic rings. The van der Waals surface area contributed by atoms with Gasteiger partial charge in [-0.2, -0.15) is 18.3 Å². The molecule has 0 radical (unpaired) electrons. The molecule has 2 aliphatic carbocycles. The van der Waals surface area contributed by atoms with E-state index >= 15 is 0 Å². The normalized spacial score (nSPS) is 15.6. The topological polar surface area (TPSA) is 155 Å². The van der Waals surface area contributed by atoms with Crippen LogP contribution in [0.15, 0.2) is 48.8 Å². The third-order valence-corrected chi connectivity index (χ3v) is 9.29. The highest BCUT2D eigenvalue weighted by molar-refractivity contribution is 5.97. The van der Waals surface area contributed by atoms with Gasteiger partial charge in [-0.25, -0.2) is 4.79 Å². The molecule has 2 amide bonds. The van der Waals surface area contributed by atoms with E-state index in [1.54, 1.807) is 6.07 Å². The van der Waals surface area contributed by atoms with Crippen LogP contribution in [0.1, 0.15) is 56.1 Å². The van der Waals surface area contributed by atoms with Crippen molar-refractivity contribution >= 4 is 23.5 Å². The number of aliphatic carboxylic acids is 1. The standard InChI is InChI=1S/C35H45N5O5.C2HF3O2/c41-31-11-10-27(35-34(31)38-32(42)24-45-35)12-15-36-16-17-40(30-6-1-2-7-30)33(43)14-19-44-18-13-25-4-3-5-28(20-25)29-21-37-39(23-29)22-26-8-9-26;3-2(4,5)1(6)7/h3-5,10-11,20-21,23,26,30,36,41H,1-2,6-9,12-19,22,24H2,(H,38,42);(H,6,7). The van der Waals surface area contributed by atoms with Gasteiger partial charge in [-0.1, -0.05) is 43.2 Å². The summed E-state index contributed by atoms with van der Waals surface area (Å²) in [6.45, 7) is 4.00. The lowest BCUT2D eigenvalue weighted by Crippen LogP contribution is -2.43. The number of nitrogens with zero attached hydrogens (tertiary/aromatic N) is 3. The molecule has 2 heterocycles. The number of hydrogen-bond acceptors (Lipinski definition) is 8. The molecule has 15 heteroatoms. The molecule has 2 aromatic carbocycles. The molecule has 282 valence electrons. The minimum Gasteiger partial charge on any atom is -0.506 e. The maximum Gasteiger partial charge on any atom is 0.490 e. The van der Waals surface area contributed by atoms with Gasteiger partial charge in [-0.3, -0.25) is 14.3 Å². The highest BCUT2D eigenvalue weighted by atomic mass is 19.4. The van der Waals surface area contributed by atoms with Crippen LogP contribution in [0.25, 0.3) is 11.1 Å². The van der Waals surface area contributed by atoms with Crippen LogP contribution >= 0.6 is 0 Å². The lowest BCUT2D eigenvalue weighted by molar-refractivity contribution is -0.192. The zero-order valence-electron chi connectivity index (χ0n) is 29.0. The number of phenolic OH excluding ortho intramolecular Hbond substituents is 1. The number of halogens is 3. The van der Waals surface area contributed by atoms with Crippen LogP contribution in [-0.2, 0) is 38.5 Å². The minimum absolute atomic E-state index is 0.00158. The maximum absolute atomic E-state index is 13.3. The molecule has 0 atom stereocenters. The summed E-state index contributed by atoms with van der Waals surface area (Å²) in [4.78, 5) is 35.9. The number of carbonyl (C=O) groups is 3. The summed E-state index contributed by atoms with van der Waals surface area (Å²) in [7, 11) is 0. The van der Waals surface area contributed by atoms with Crippen molar-refractivity contribution in [3.05, 3.63) is 59.9 Å². The molecule has 1 aromatic heterocycles. The lowest BCUT2D eigenvalue weighted by atomic mass is 10.0. The molecule has 3 aromatic rings. The van der Waals surface area contributed by atoms with Gasteiger partial charge in [-0.15, -0.1) is 0 Å². The Morgan fingerprint density at radius 3 is 2.56 bits per heavy atom. The van der Waals surface area contributed by atoms with Crippen LogP contribution in [0.4, 0.5) is 18.9 Å². The minimum atomic E-state index is -5.08. The van der Waals surface area contributed by atoms with Crippen molar-refractivity contribution in [3.8, 4) is 22.6 Å². The van der Waals surface area contributed by atoms with Crippen molar-refractivity contribution < 1.29 is 47.2 Å². The fourth-order valence-electron chi connectivity index (χ4n) is 6.36. The second-order valence-corrected chi connectivity index (χ2v) is 13.3. The summed E-state index contributed by atoms with van der Waals surface area (Å²) < 4.78 is 45.3. The van der Waals surface area contributed by atoms with E-state index in [9.17, 15) is 27.9 Å². The molecule has 1 aliphatic heterocycles. The van der Waals surface area contributed by atoms with E-state index in [1.807, 2.05) is 12.3 Å². The fraction of sp³-hybridized carbons (Fsp3) is 0.514. The lowest BCUT2D eigenvalue weighted by Gasteiger charge is -2.29. The Bertz CT molecular complexity index is 1670. The number of rotatable bonds is 16. The zero-order valence-corrected chi connectivity index (χ0v) is 29.0. The van der Waals surface area contributed by atoms with E-state index < -0.39 is 12.1 Å². The number of benzene rings is 2. The molecule has 0 unspecified atom stereocenters. The summed E-state index contributed by atoms with van der Waals surface area (Å²) in [5.74, 6) is -1.54. The summed E-state index contributed by atoms with van der Waals surface area (Å²) in [5.41, 5.74) is 4.80. The molecule has 52 heavy (non-hydrogen) atoms. The van der Waals surface area contributed by atoms with Gasteiger partial charge in [-0.05, 0) is 73.7 Å². The van der Waals surface area contributed by atoms with E-state index in [0.29, 0.717) is 63.2 Å². The molecular weight excluding hydrogens is 683 g/mol. The average molecular weight is 730 g/mol. The monoisotopic (exact) mass is 729 g/mol. The molecule has 12 nitrogen and oxygen atoms in total. The number of hydrogen-bond donors (Lipinski definition) is 4. The summed E-state index contributed by atoms with van der Waals surface area (Å²) in [5, 5.41) is 27.9. The number of alkyl halides is 3.